The van der Waals surface area contributed by atoms with Crippen LogP contribution in [0.25, 0.3) is 0 Å². The number of aliphatic hydroxyl groups is 1. The first-order valence-electron chi connectivity index (χ1n) is 9.22. The molecule has 2 heterocycles. The number of benzene rings is 1. The molecule has 1 aromatic heterocycles. The number of aromatic nitrogens is 1. The van der Waals surface area contributed by atoms with Crippen molar-refractivity contribution >= 4 is 11.7 Å². The van der Waals surface area contributed by atoms with Crippen LogP contribution < -0.4 is 4.74 Å². The number of ketones is 1. The van der Waals surface area contributed by atoms with Gasteiger partial charge in [-0.15, -0.1) is 0 Å². The first-order chi connectivity index (χ1) is 13.4. The number of methoxy groups -OCH3 is 1. The van der Waals surface area contributed by atoms with Crippen molar-refractivity contribution in [2.45, 2.75) is 32.9 Å². The van der Waals surface area contributed by atoms with E-state index in [9.17, 15) is 14.7 Å². The maximum Gasteiger partial charge on any atom is 0.290 e. The summed E-state index contributed by atoms with van der Waals surface area (Å²) in [6.07, 6.45) is 3.58. The van der Waals surface area contributed by atoms with Crippen LogP contribution in [0.3, 0.4) is 0 Å². The zero-order valence-corrected chi connectivity index (χ0v) is 16.3. The molecule has 0 spiro atoms. The Labute approximate surface area is 164 Å². The summed E-state index contributed by atoms with van der Waals surface area (Å²) in [7, 11) is 1.56. The van der Waals surface area contributed by atoms with E-state index in [4.69, 9.17) is 4.74 Å². The van der Waals surface area contributed by atoms with E-state index in [1.54, 1.807) is 43.8 Å². The highest BCUT2D eigenvalue weighted by molar-refractivity contribution is 6.09. The largest absolute Gasteiger partial charge is 0.503 e. The molecule has 1 aliphatic heterocycles. The fourth-order valence-corrected chi connectivity index (χ4v) is 3.43. The highest BCUT2D eigenvalue weighted by atomic mass is 16.5. The van der Waals surface area contributed by atoms with Crippen LogP contribution in [0, 0.1) is 5.92 Å². The van der Waals surface area contributed by atoms with Gasteiger partial charge in [0.05, 0.1) is 18.7 Å². The van der Waals surface area contributed by atoms with Crippen molar-refractivity contribution in [3.8, 4) is 5.75 Å². The van der Waals surface area contributed by atoms with Crippen molar-refractivity contribution in [1.82, 2.24) is 9.88 Å². The molecule has 2 aromatic rings. The van der Waals surface area contributed by atoms with Crippen LogP contribution in [-0.4, -0.2) is 33.8 Å². The molecule has 0 saturated carbocycles. The summed E-state index contributed by atoms with van der Waals surface area (Å²) in [5, 5.41) is 10.6. The molecular weight excluding hydrogens is 356 g/mol. The molecule has 1 amide bonds. The molecule has 1 aliphatic rings. The lowest BCUT2D eigenvalue weighted by atomic mass is 9.92. The standard InChI is InChI=1S/C22H24N2O4/c1-14(2)10-18(25)19-20(16-7-4-8-17(11-16)28-3)24(22(27)21(19)26)13-15-6-5-9-23-12-15/h4-9,11-12,14,20,26H,10,13H2,1-3H3. The summed E-state index contributed by atoms with van der Waals surface area (Å²) in [6, 6.07) is 10.2. The molecule has 0 fully saturated rings. The molecule has 0 aliphatic carbocycles. The maximum atomic E-state index is 12.9. The Balaban J connectivity index is 2.06. The SMILES string of the molecule is COc1cccc(C2C(C(=O)CC(C)C)=C(O)C(=O)N2Cc2cccnc2)c1. The van der Waals surface area contributed by atoms with Gasteiger partial charge in [0, 0.05) is 25.4 Å². The summed E-state index contributed by atoms with van der Waals surface area (Å²) >= 11 is 0. The van der Waals surface area contributed by atoms with Crippen molar-refractivity contribution < 1.29 is 19.4 Å². The average molecular weight is 380 g/mol. The van der Waals surface area contributed by atoms with Crippen LogP contribution in [0.1, 0.15) is 37.4 Å². The minimum absolute atomic E-state index is 0.112. The van der Waals surface area contributed by atoms with Crippen LogP contribution in [0.5, 0.6) is 5.75 Å². The first-order valence-corrected chi connectivity index (χ1v) is 9.22. The van der Waals surface area contributed by atoms with Crippen molar-refractivity contribution in [1.29, 1.82) is 0 Å². The van der Waals surface area contributed by atoms with Gasteiger partial charge in [0.15, 0.2) is 11.5 Å². The third kappa shape index (κ3) is 3.91. The van der Waals surface area contributed by atoms with E-state index in [1.807, 2.05) is 26.0 Å². The van der Waals surface area contributed by atoms with Gasteiger partial charge < -0.3 is 14.7 Å². The van der Waals surface area contributed by atoms with Gasteiger partial charge in [0.25, 0.3) is 5.91 Å². The highest BCUT2D eigenvalue weighted by Gasteiger charge is 2.43. The molecule has 1 atom stereocenters. The van der Waals surface area contributed by atoms with Crippen LogP contribution in [0.15, 0.2) is 60.1 Å². The van der Waals surface area contributed by atoms with Gasteiger partial charge in [-0.3, -0.25) is 14.6 Å². The molecule has 6 heteroatoms. The normalized spacial score (nSPS) is 16.8. The van der Waals surface area contributed by atoms with E-state index >= 15 is 0 Å². The molecule has 0 radical (unpaired) electrons. The van der Waals surface area contributed by atoms with Crippen LogP contribution in [-0.2, 0) is 16.1 Å². The Morgan fingerprint density at radius 3 is 2.71 bits per heavy atom. The topological polar surface area (TPSA) is 79.7 Å². The minimum Gasteiger partial charge on any atom is -0.503 e. The first kappa shape index (κ1) is 19.6. The summed E-state index contributed by atoms with van der Waals surface area (Å²) in [5.41, 5.74) is 1.68. The molecule has 1 unspecified atom stereocenters. The molecule has 146 valence electrons. The van der Waals surface area contributed by atoms with Gasteiger partial charge in [-0.2, -0.15) is 0 Å². The van der Waals surface area contributed by atoms with Crippen molar-refractivity contribution in [2.75, 3.05) is 7.11 Å². The number of aliphatic hydroxyl groups excluding tert-OH is 1. The molecule has 1 aromatic carbocycles. The number of hydrogen-bond donors (Lipinski definition) is 1. The summed E-state index contributed by atoms with van der Waals surface area (Å²) in [4.78, 5) is 31.4. The Morgan fingerprint density at radius 1 is 1.29 bits per heavy atom. The molecular formula is C22H24N2O4. The van der Waals surface area contributed by atoms with Gasteiger partial charge in [-0.05, 0) is 35.2 Å². The second kappa shape index (κ2) is 8.25. The smallest absolute Gasteiger partial charge is 0.290 e. The van der Waals surface area contributed by atoms with Gasteiger partial charge in [-0.1, -0.05) is 32.0 Å². The molecule has 3 rings (SSSR count). The number of ether oxygens (including phenoxy) is 1. The maximum absolute atomic E-state index is 12.9. The Kier molecular flexibility index (Phi) is 5.78. The van der Waals surface area contributed by atoms with E-state index in [0.717, 1.165) is 5.56 Å². The number of amides is 1. The Bertz CT molecular complexity index is 906. The predicted octanol–water partition coefficient (Wildman–Crippen LogP) is 3.60. The van der Waals surface area contributed by atoms with E-state index < -0.39 is 17.7 Å². The number of carbonyl (C=O) groups excluding carboxylic acids is 2. The van der Waals surface area contributed by atoms with E-state index in [1.165, 1.54) is 4.90 Å². The zero-order chi connectivity index (χ0) is 20.3. The number of pyridine rings is 1. The van der Waals surface area contributed by atoms with Crippen molar-refractivity contribution in [3.05, 3.63) is 71.3 Å². The summed E-state index contributed by atoms with van der Waals surface area (Å²) < 4.78 is 5.30. The number of nitrogens with zero attached hydrogens (tertiary/aromatic N) is 2. The summed E-state index contributed by atoms with van der Waals surface area (Å²) in [6.45, 7) is 4.09. The predicted molar refractivity (Wildman–Crippen MR) is 105 cm³/mol. The van der Waals surface area contributed by atoms with Crippen molar-refractivity contribution in [3.63, 3.8) is 0 Å². The second-order valence-corrected chi connectivity index (χ2v) is 7.26. The molecule has 0 saturated heterocycles. The van der Waals surface area contributed by atoms with Gasteiger partial charge in [-0.25, -0.2) is 0 Å². The minimum atomic E-state index is -0.672. The Hall–Kier alpha value is -3.15. The number of hydrogen-bond acceptors (Lipinski definition) is 5. The highest BCUT2D eigenvalue weighted by Crippen LogP contribution is 2.40. The number of Topliss-reactive ketones (excluding diaryl/α,β-unsaturated/α-hetero) is 1. The molecule has 0 bridgehead atoms. The molecule has 1 N–H and O–H groups in total. The lowest BCUT2D eigenvalue weighted by molar-refractivity contribution is -0.130. The fraction of sp³-hybridized carbons (Fsp3) is 0.318. The second-order valence-electron chi connectivity index (χ2n) is 7.26. The van der Waals surface area contributed by atoms with Crippen LogP contribution in [0.2, 0.25) is 0 Å². The van der Waals surface area contributed by atoms with Crippen LogP contribution >= 0.6 is 0 Å². The molecule has 6 nitrogen and oxygen atoms in total. The monoisotopic (exact) mass is 380 g/mol. The Morgan fingerprint density at radius 2 is 2.07 bits per heavy atom. The van der Waals surface area contributed by atoms with Gasteiger partial charge in [0.2, 0.25) is 0 Å². The fourth-order valence-electron chi connectivity index (χ4n) is 3.43. The quantitative estimate of drug-likeness (QED) is 0.794. The van der Waals surface area contributed by atoms with E-state index in [-0.39, 0.29) is 30.2 Å². The number of carbonyl (C=O) groups is 2. The van der Waals surface area contributed by atoms with Gasteiger partial charge in [0.1, 0.15) is 5.75 Å². The zero-order valence-electron chi connectivity index (χ0n) is 16.3. The van der Waals surface area contributed by atoms with Crippen LogP contribution in [0.4, 0.5) is 0 Å². The lowest BCUT2D eigenvalue weighted by Gasteiger charge is -2.27. The average Bonchev–Trinajstić information content (AvgIpc) is 2.93. The van der Waals surface area contributed by atoms with E-state index in [0.29, 0.717) is 11.3 Å². The third-order valence-corrected chi connectivity index (χ3v) is 4.68. The van der Waals surface area contributed by atoms with E-state index in [2.05, 4.69) is 4.98 Å². The van der Waals surface area contributed by atoms with Gasteiger partial charge >= 0.3 is 0 Å². The summed E-state index contributed by atoms with van der Waals surface area (Å²) in [5.74, 6) is -0.511. The van der Waals surface area contributed by atoms with Crippen molar-refractivity contribution in [2.24, 2.45) is 5.92 Å². The lowest BCUT2D eigenvalue weighted by Crippen LogP contribution is -2.30. The number of rotatable bonds is 7. The molecule has 28 heavy (non-hydrogen) atoms. The third-order valence-electron chi connectivity index (χ3n) is 4.68.